The van der Waals surface area contributed by atoms with E-state index in [9.17, 15) is 15.0 Å². The maximum atomic E-state index is 12.1. The zero-order valence-corrected chi connectivity index (χ0v) is 9.68. The highest BCUT2D eigenvalue weighted by molar-refractivity contribution is 5.97. The topological polar surface area (TPSA) is 72.8 Å². The van der Waals surface area contributed by atoms with Crippen LogP contribution in [0.2, 0.25) is 0 Å². The number of nitrogens with zero attached hydrogens (tertiary/aromatic N) is 1. The van der Waals surface area contributed by atoms with Crippen LogP contribution in [-0.4, -0.2) is 46.7 Å². The molecule has 1 aliphatic heterocycles. The molecule has 0 aliphatic carbocycles. The number of benzene rings is 1. The molecule has 17 heavy (non-hydrogen) atoms. The van der Waals surface area contributed by atoms with Gasteiger partial charge in [-0.3, -0.25) is 4.79 Å². The zero-order valence-electron chi connectivity index (χ0n) is 9.68. The van der Waals surface area contributed by atoms with Gasteiger partial charge in [-0.15, -0.1) is 0 Å². The molecule has 1 aromatic rings. The van der Waals surface area contributed by atoms with E-state index in [1.54, 1.807) is 11.0 Å². The van der Waals surface area contributed by atoms with Crippen LogP contribution in [0, 0.1) is 0 Å². The Morgan fingerprint density at radius 3 is 2.94 bits per heavy atom. The van der Waals surface area contributed by atoms with Crippen LogP contribution < -0.4 is 5.32 Å². The highest BCUT2D eigenvalue weighted by Gasteiger charge is 2.24. The quantitative estimate of drug-likeness (QED) is 0.622. The molecule has 92 valence electrons. The van der Waals surface area contributed by atoms with Crippen LogP contribution in [0.5, 0.6) is 11.5 Å². The first kappa shape index (κ1) is 11.7. The standard InChI is InChI=1S/C12H16N2O3/c1-8-7-14(6-5-13-8)12(17)9-3-2-4-10(15)11(9)16/h2-4,8,13,15-16H,5-7H2,1H3. The first-order valence-corrected chi connectivity index (χ1v) is 5.63. The number of hydrogen-bond donors (Lipinski definition) is 3. The van der Waals surface area contributed by atoms with Crippen molar-refractivity contribution < 1.29 is 15.0 Å². The number of amides is 1. The normalized spacial score (nSPS) is 20.3. The molecule has 0 spiro atoms. The van der Waals surface area contributed by atoms with E-state index in [1.165, 1.54) is 12.1 Å². The summed E-state index contributed by atoms with van der Waals surface area (Å²) < 4.78 is 0. The summed E-state index contributed by atoms with van der Waals surface area (Å²) in [6.07, 6.45) is 0. The van der Waals surface area contributed by atoms with E-state index >= 15 is 0 Å². The fraction of sp³-hybridized carbons (Fsp3) is 0.417. The molecule has 1 atom stereocenters. The van der Waals surface area contributed by atoms with Gasteiger partial charge in [0.05, 0.1) is 5.56 Å². The van der Waals surface area contributed by atoms with Crippen molar-refractivity contribution in [2.45, 2.75) is 13.0 Å². The van der Waals surface area contributed by atoms with Crippen molar-refractivity contribution in [3.8, 4) is 11.5 Å². The number of rotatable bonds is 1. The van der Waals surface area contributed by atoms with Crippen molar-refractivity contribution in [1.29, 1.82) is 0 Å². The van der Waals surface area contributed by atoms with Crippen LogP contribution in [-0.2, 0) is 0 Å². The molecular weight excluding hydrogens is 220 g/mol. The molecule has 1 aromatic carbocycles. The number of piperazine rings is 1. The third-order valence-electron chi connectivity index (χ3n) is 2.90. The molecular formula is C12H16N2O3. The fourth-order valence-electron chi connectivity index (χ4n) is 1.99. The van der Waals surface area contributed by atoms with E-state index in [4.69, 9.17) is 0 Å². The summed E-state index contributed by atoms with van der Waals surface area (Å²) in [5.74, 6) is -0.852. The van der Waals surface area contributed by atoms with Crippen molar-refractivity contribution >= 4 is 5.91 Å². The van der Waals surface area contributed by atoms with Gasteiger partial charge in [-0.25, -0.2) is 0 Å². The van der Waals surface area contributed by atoms with Gasteiger partial charge in [-0.1, -0.05) is 6.07 Å². The summed E-state index contributed by atoms with van der Waals surface area (Å²) in [5, 5.41) is 22.3. The third-order valence-corrected chi connectivity index (χ3v) is 2.90. The summed E-state index contributed by atoms with van der Waals surface area (Å²) in [6, 6.07) is 4.66. The number of phenolic OH excluding ortho intramolecular Hbond substituents is 2. The predicted molar refractivity (Wildman–Crippen MR) is 63.1 cm³/mol. The van der Waals surface area contributed by atoms with E-state index in [1.807, 2.05) is 6.92 Å². The Labute approximate surface area is 99.7 Å². The second-order valence-electron chi connectivity index (χ2n) is 4.28. The average molecular weight is 236 g/mol. The smallest absolute Gasteiger partial charge is 0.257 e. The maximum absolute atomic E-state index is 12.1. The van der Waals surface area contributed by atoms with Crippen LogP contribution >= 0.6 is 0 Å². The van der Waals surface area contributed by atoms with Gasteiger partial charge >= 0.3 is 0 Å². The van der Waals surface area contributed by atoms with Crippen LogP contribution in [0.4, 0.5) is 0 Å². The summed E-state index contributed by atoms with van der Waals surface area (Å²) in [6.45, 7) is 3.96. The van der Waals surface area contributed by atoms with Crippen molar-refractivity contribution in [3.05, 3.63) is 23.8 Å². The van der Waals surface area contributed by atoms with Gasteiger partial charge < -0.3 is 20.4 Å². The van der Waals surface area contributed by atoms with Crippen LogP contribution in [0.25, 0.3) is 0 Å². The number of nitrogens with one attached hydrogen (secondary N) is 1. The Morgan fingerprint density at radius 1 is 1.47 bits per heavy atom. The fourth-order valence-corrected chi connectivity index (χ4v) is 1.99. The van der Waals surface area contributed by atoms with E-state index in [0.29, 0.717) is 13.1 Å². The zero-order chi connectivity index (χ0) is 12.4. The molecule has 1 aliphatic rings. The molecule has 1 saturated heterocycles. The molecule has 0 bridgehead atoms. The van der Waals surface area contributed by atoms with Crippen LogP contribution in [0.3, 0.4) is 0 Å². The van der Waals surface area contributed by atoms with Crippen molar-refractivity contribution in [2.75, 3.05) is 19.6 Å². The number of para-hydroxylation sites is 1. The minimum atomic E-state index is -0.344. The minimum absolute atomic E-state index is 0.152. The van der Waals surface area contributed by atoms with Crippen molar-refractivity contribution in [1.82, 2.24) is 10.2 Å². The van der Waals surface area contributed by atoms with Crippen LogP contribution in [0.15, 0.2) is 18.2 Å². The lowest BCUT2D eigenvalue weighted by Gasteiger charge is -2.32. The van der Waals surface area contributed by atoms with Gasteiger partial charge in [0.15, 0.2) is 11.5 Å². The molecule has 5 heteroatoms. The second kappa shape index (κ2) is 4.63. The van der Waals surface area contributed by atoms with E-state index < -0.39 is 0 Å². The molecule has 0 aromatic heterocycles. The molecule has 0 saturated carbocycles. The monoisotopic (exact) mass is 236 g/mol. The predicted octanol–water partition coefficient (Wildman–Crippen LogP) is 0.532. The summed E-state index contributed by atoms with van der Waals surface area (Å²) >= 11 is 0. The molecule has 2 rings (SSSR count). The lowest BCUT2D eigenvalue weighted by Crippen LogP contribution is -2.51. The van der Waals surface area contributed by atoms with E-state index in [0.717, 1.165) is 6.54 Å². The van der Waals surface area contributed by atoms with Crippen molar-refractivity contribution in [3.63, 3.8) is 0 Å². The van der Waals surface area contributed by atoms with Crippen LogP contribution in [0.1, 0.15) is 17.3 Å². The largest absolute Gasteiger partial charge is 0.504 e. The lowest BCUT2D eigenvalue weighted by molar-refractivity contribution is 0.0705. The third kappa shape index (κ3) is 2.34. The summed E-state index contributed by atoms with van der Waals surface area (Å²) in [7, 11) is 0. The molecule has 0 radical (unpaired) electrons. The van der Waals surface area contributed by atoms with Gasteiger partial charge in [-0.2, -0.15) is 0 Å². The first-order valence-electron chi connectivity index (χ1n) is 5.63. The average Bonchev–Trinajstić information content (AvgIpc) is 2.32. The van der Waals surface area contributed by atoms with Gasteiger partial charge in [0.25, 0.3) is 5.91 Å². The molecule has 1 heterocycles. The Hall–Kier alpha value is -1.75. The Balaban J connectivity index is 2.22. The van der Waals surface area contributed by atoms with E-state index in [-0.39, 0.29) is 29.0 Å². The Morgan fingerprint density at radius 2 is 2.24 bits per heavy atom. The van der Waals surface area contributed by atoms with Gasteiger partial charge in [0.1, 0.15) is 0 Å². The number of aromatic hydroxyl groups is 2. The minimum Gasteiger partial charge on any atom is -0.504 e. The Bertz CT molecular complexity index is 434. The molecule has 1 unspecified atom stereocenters. The molecule has 5 nitrogen and oxygen atoms in total. The van der Waals surface area contributed by atoms with E-state index in [2.05, 4.69) is 5.32 Å². The van der Waals surface area contributed by atoms with Gasteiger partial charge in [-0.05, 0) is 19.1 Å². The maximum Gasteiger partial charge on any atom is 0.257 e. The summed E-state index contributed by atoms with van der Waals surface area (Å²) in [4.78, 5) is 13.8. The lowest BCUT2D eigenvalue weighted by atomic mass is 10.1. The molecule has 1 amide bonds. The van der Waals surface area contributed by atoms with Gasteiger partial charge in [0, 0.05) is 25.7 Å². The first-order chi connectivity index (χ1) is 8.09. The molecule has 3 N–H and O–H groups in total. The SMILES string of the molecule is CC1CN(C(=O)c2cccc(O)c2O)CCN1. The highest BCUT2D eigenvalue weighted by atomic mass is 16.3. The van der Waals surface area contributed by atoms with Gasteiger partial charge in [0.2, 0.25) is 0 Å². The number of hydrogen-bond acceptors (Lipinski definition) is 4. The van der Waals surface area contributed by atoms with Crippen molar-refractivity contribution in [2.24, 2.45) is 0 Å². The summed E-state index contributed by atoms with van der Waals surface area (Å²) in [5.41, 5.74) is 0.152. The Kier molecular flexibility index (Phi) is 3.19. The second-order valence-corrected chi connectivity index (χ2v) is 4.28. The number of phenols is 2. The number of carbonyl (C=O) groups is 1. The molecule has 1 fully saturated rings. The highest BCUT2D eigenvalue weighted by Crippen LogP contribution is 2.29. The number of carbonyl (C=O) groups excluding carboxylic acids is 1.